The van der Waals surface area contributed by atoms with Crippen LogP contribution in [0.5, 0.6) is 17.2 Å². The summed E-state index contributed by atoms with van der Waals surface area (Å²) in [5.41, 5.74) is 0.833. The van der Waals surface area contributed by atoms with Crippen molar-refractivity contribution in [3.05, 3.63) is 42.5 Å². The highest BCUT2D eigenvalue weighted by atomic mass is 35.5. The van der Waals surface area contributed by atoms with Crippen LogP contribution in [-0.4, -0.2) is 62.8 Å². The molecule has 0 radical (unpaired) electrons. The molecule has 2 aromatic carbocycles. The molecule has 160 valence electrons. The first-order valence-electron chi connectivity index (χ1n) is 9.34. The lowest BCUT2D eigenvalue weighted by Gasteiger charge is -2.30. The van der Waals surface area contributed by atoms with Crippen molar-refractivity contribution in [2.75, 3.05) is 45.8 Å². The molecule has 0 spiro atoms. The lowest BCUT2D eigenvalue weighted by molar-refractivity contribution is -0.127. The van der Waals surface area contributed by atoms with E-state index in [9.17, 15) is 4.79 Å². The summed E-state index contributed by atoms with van der Waals surface area (Å²) < 4.78 is 18.0. The summed E-state index contributed by atoms with van der Waals surface area (Å²) in [7, 11) is 5.58. The largest absolute Gasteiger partial charge is 0.497 e. The summed E-state index contributed by atoms with van der Waals surface area (Å²) in [6.45, 7) is 1.38. The normalized spacial score (nSPS) is 15.0. The van der Waals surface area contributed by atoms with Crippen molar-refractivity contribution in [3.8, 4) is 17.2 Å². The molecule has 1 aliphatic rings. The standard InChI is InChI=1S/C21H23N3O4S.ClH/c1-23(2)10-11-24(21-22-15-9-8-14(26-3)12-19(15)29-21)20(25)18-13-27-16-6-4-5-7-17(16)28-18;/h4-9,12,18H,10-11,13H2,1-3H3;1H. The minimum Gasteiger partial charge on any atom is -0.497 e. The number of para-hydroxylation sites is 2. The van der Waals surface area contributed by atoms with Gasteiger partial charge in [-0.3, -0.25) is 9.69 Å². The first-order chi connectivity index (χ1) is 14.0. The maximum absolute atomic E-state index is 13.4. The molecule has 0 aliphatic carbocycles. The number of anilines is 1. The average molecular weight is 450 g/mol. The summed E-state index contributed by atoms with van der Waals surface area (Å²) in [5.74, 6) is 1.84. The zero-order valence-corrected chi connectivity index (χ0v) is 18.7. The third-order valence-corrected chi connectivity index (χ3v) is 5.68. The van der Waals surface area contributed by atoms with Crippen molar-refractivity contribution in [3.63, 3.8) is 0 Å². The zero-order chi connectivity index (χ0) is 20.4. The first kappa shape index (κ1) is 22.1. The number of carbonyl (C=O) groups is 1. The van der Waals surface area contributed by atoms with Gasteiger partial charge in [0.25, 0.3) is 5.91 Å². The van der Waals surface area contributed by atoms with Gasteiger partial charge in [0.1, 0.15) is 12.4 Å². The molecule has 1 aromatic heterocycles. The van der Waals surface area contributed by atoms with Gasteiger partial charge in [-0.25, -0.2) is 4.98 Å². The van der Waals surface area contributed by atoms with Gasteiger partial charge in [-0.15, -0.1) is 12.4 Å². The zero-order valence-electron chi connectivity index (χ0n) is 17.0. The number of hydrogen-bond donors (Lipinski definition) is 0. The highest BCUT2D eigenvalue weighted by Crippen LogP contribution is 2.34. The number of hydrogen-bond acceptors (Lipinski definition) is 7. The number of halogens is 1. The molecule has 3 aromatic rings. The molecule has 1 amide bonds. The van der Waals surface area contributed by atoms with Gasteiger partial charge >= 0.3 is 0 Å². The molecular weight excluding hydrogens is 426 g/mol. The van der Waals surface area contributed by atoms with Gasteiger partial charge in [-0.2, -0.15) is 0 Å². The maximum Gasteiger partial charge on any atom is 0.273 e. The van der Waals surface area contributed by atoms with Crippen molar-refractivity contribution in [1.29, 1.82) is 0 Å². The third-order valence-electron chi connectivity index (χ3n) is 4.64. The number of carbonyl (C=O) groups excluding carboxylic acids is 1. The van der Waals surface area contributed by atoms with Crippen molar-refractivity contribution in [2.45, 2.75) is 6.10 Å². The predicted molar refractivity (Wildman–Crippen MR) is 121 cm³/mol. The van der Waals surface area contributed by atoms with E-state index in [1.807, 2.05) is 61.5 Å². The van der Waals surface area contributed by atoms with Gasteiger partial charge in [-0.05, 0) is 44.4 Å². The van der Waals surface area contributed by atoms with E-state index in [1.165, 1.54) is 11.3 Å². The van der Waals surface area contributed by atoms with Crippen LogP contribution in [-0.2, 0) is 4.79 Å². The number of ether oxygens (including phenoxy) is 3. The van der Waals surface area contributed by atoms with Crippen LogP contribution in [0.15, 0.2) is 42.5 Å². The van der Waals surface area contributed by atoms with Crippen LogP contribution in [0.3, 0.4) is 0 Å². The van der Waals surface area contributed by atoms with Gasteiger partial charge in [0.05, 0.1) is 17.3 Å². The van der Waals surface area contributed by atoms with Crippen LogP contribution in [0.2, 0.25) is 0 Å². The van der Waals surface area contributed by atoms with Crippen LogP contribution in [0.25, 0.3) is 10.2 Å². The fourth-order valence-electron chi connectivity index (χ4n) is 3.05. The minimum atomic E-state index is -0.714. The van der Waals surface area contributed by atoms with Crippen molar-refractivity contribution >= 4 is 45.0 Å². The Morgan fingerprint density at radius 1 is 1.20 bits per heavy atom. The second-order valence-corrected chi connectivity index (χ2v) is 8.00. The summed E-state index contributed by atoms with van der Waals surface area (Å²) >= 11 is 1.46. The van der Waals surface area contributed by atoms with Crippen LogP contribution in [0, 0.1) is 0 Å². The Bertz CT molecular complexity index is 1030. The Labute approximate surface area is 185 Å². The topological polar surface area (TPSA) is 64.1 Å². The molecule has 7 nitrogen and oxygen atoms in total. The molecule has 1 aliphatic heterocycles. The second kappa shape index (κ2) is 9.51. The smallest absolute Gasteiger partial charge is 0.273 e. The molecule has 2 heterocycles. The van der Waals surface area contributed by atoms with E-state index in [0.29, 0.717) is 29.7 Å². The summed E-state index contributed by atoms with van der Waals surface area (Å²) in [4.78, 5) is 21.8. The monoisotopic (exact) mass is 449 g/mol. The number of benzene rings is 2. The Kier molecular flexibility index (Phi) is 7.02. The summed E-state index contributed by atoms with van der Waals surface area (Å²) in [6, 6.07) is 13.1. The SMILES string of the molecule is COc1ccc2nc(N(CCN(C)C)C(=O)C3COc4ccccc4O3)sc2c1.Cl. The molecule has 1 unspecified atom stereocenters. The molecule has 9 heteroatoms. The lowest BCUT2D eigenvalue weighted by atomic mass is 10.2. The number of amides is 1. The Morgan fingerprint density at radius 3 is 2.70 bits per heavy atom. The summed E-state index contributed by atoms with van der Waals surface area (Å²) in [5, 5.41) is 0.641. The molecule has 30 heavy (non-hydrogen) atoms. The Balaban J connectivity index is 0.00000256. The van der Waals surface area contributed by atoms with Crippen LogP contribution < -0.4 is 19.1 Å². The molecule has 4 rings (SSSR count). The maximum atomic E-state index is 13.4. The number of aromatic nitrogens is 1. The average Bonchev–Trinajstić information content (AvgIpc) is 3.15. The number of fused-ring (bicyclic) bond motifs is 2. The van der Waals surface area contributed by atoms with E-state index in [0.717, 1.165) is 16.0 Å². The van der Waals surface area contributed by atoms with E-state index < -0.39 is 6.10 Å². The Morgan fingerprint density at radius 2 is 1.97 bits per heavy atom. The third kappa shape index (κ3) is 4.61. The lowest BCUT2D eigenvalue weighted by Crippen LogP contribution is -2.48. The van der Waals surface area contributed by atoms with Crippen LogP contribution in [0.1, 0.15) is 0 Å². The van der Waals surface area contributed by atoms with Crippen molar-refractivity contribution in [2.24, 2.45) is 0 Å². The number of thiazole rings is 1. The fourth-order valence-corrected chi connectivity index (χ4v) is 4.08. The van der Waals surface area contributed by atoms with Gasteiger partial charge in [0, 0.05) is 13.1 Å². The molecule has 0 bridgehead atoms. The number of nitrogens with zero attached hydrogens (tertiary/aromatic N) is 3. The van der Waals surface area contributed by atoms with Crippen molar-refractivity contribution in [1.82, 2.24) is 9.88 Å². The molecule has 0 N–H and O–H groups in total. The molecule has 0 saturated carbocycles. The second-order valence-electron chi connectivity index (χ2n) is 6.99. The quantitative estimate of drug-likeness (QED) is 0.574. The molecule has 0 saturated heterocycles. The van der Waals surface area contributed by atoms with Gasteiger partial charge in [-0.1, -0.05) is 23.5 Å². The first-order valence-corrected chi connectivity index (χ1v) is 10.2. The fraction of sp³-hybridized carbons (Fsp3) is 0.333. The summed E-state index contributed by atoms with van der Waals surface area (Å²) in [6.07, 6.45) is -0.714. The van der Waals surface area contributed by atoms with Gasteiger partial charge in [0.2, 0.25) is 6.10 Å². The molecule has 0 fully saturated rings. The van der Waals surface area contributed by atoms with Gasteiger partial charge < -0.3 is 19.1 Å². The Hall–Kier alpha value is -2.55. The molecule has 1 atom stereocenters. The van der Waals surface area contributed by atoms with E-state index in [1.54, 1.807) is 12.0 Å². The van der Waals surface area contributed by atoms with Gasteiger partial charge in [0.15, 0.2) is 16.6 Å². The highest BCUT2D eigenvalue weighted by Gasteiger charge is 2.33. The number of likely N-dealkylation sites (N-methyl/N-ethyl adjacent to an activating group) is 1. The minimum absolute atomic E-state index is 0. The predicted octanol–water partition coefficient (Wildman–Crippen LogP) is 3.46. The number of methoxy groups -OCH3 is 1. The van der Waals surface area contributed by atoms with E-state index >= 15 is 0 Å². The van der Waals surface area contributed by atoms with Crippen molar-refractivity contribution < 1.29 is 19.0 Å². The van der Waals surface area contributed by atoms with E-state index in [-0.39, 0.29) is 24.9 Å². The van der Waals surface area contributed by atoms with Crippen LogP contribution >= 0.6 is 23.7 Å². The van der Waals surface area contributed by atoms with Crippen LogP contribution in [0.4, 0.5) is 5.13 Å². The van der Waals surface area contributed by atoms with E-state index in [4.69, 9.17) is 14.2 Å². The number of rotatable bonds is 6. The highest BCUT2D eigenvalue weighted by molar-refractivity contribution is 7.22. The van der Waals surface area contributed by atoms with E-state index in [2.05, 4.69) is 4.98 Å². The molecular formula is C21H24ClN3O4S.